The maximum absolute atomic E-state index is 6.08. The van der Waals surface area contributed by atoms with Crippen LogP contribution in [0.5, 0.6) is 0 Å². The molecule has 0 radical (unpaired) electrons. The summed E-state index contributed by atoms with van der Waals surface area (Å²) in [6, 6.07) is 14.8. The zero-order chi connectivity index (χ0) is 14.1. The Morgan fingerprint density at radius 2 is 1.75 bits per heavy atom. The molecule has 3 heteroatoms. The predicted octanol–water partition coefficient (Wildman–Crippen LogP) is 3.54. The number of hydrogen-bond donors (Lipinski definition) is 1. The highest BCUT2D eigenvalue weighted by atomic mass is 15.1. The van der Waals surface area contributed by atoms with Gasteiger partial charge in [-0.2, -0.15) is 0 Å². The Morgan fingerprint density at radius 1 is 1.05 bits per heavy atom. The first-order valence-electron chi connectivity index (χ1n) is 6.98. The van der Waals surface area contributed by atoms with E-state index in [0.717, 1.165) is 24.0 Å². The number of aryl methyl sites for hydroxylation is 2. The summed E-state index contributed by atoms with van der Waals surface area (Å²) in [5.74, 6) is 0.578. The van der Waals surface area contributed by atoms with Crippen molar-refractivity contribution in [3.8, 4) is 0 Å². The number of benzene rings is 2. The molecule has 0 spiro atoms. The summed E-state index contributed by atoms with van der Waals surface area (Å²) in [7, 11) is 0. The number of nitrogens with zero attached hydrogens (tertiary/aromatic N) is 2. The molecule has 3 aromatic rings. The van der Waals surface area contributed by atoms with Crippen molar-refractivity contribution in [3.63, 3.8) is 0 Å². The molecule has 0 atom stereocenters. The molecule has 1 aromatic heterocycles. The second kappa shape index (κ2) is 5.00. The minimum absolute atomic E-state index is 0.578. The van der Waals surface area contributed by atoms with Crippen molar-refractivity contribution in [1.82, 2.24) is 9.55 Å². The molecule has 0 saturated carbocycles. The van der Waals surface area contributed by atoms with Crippen LogP contribution in [0.25, 0.3) is 11.0 Å². The van der Waals surface area contributed by atoms with E-state index in [4.69, 9.17) is 5.73 Å². The van der Waals surface area contributed by atoms with Crippen LogP contribution in [0.4, 0.5) is 5.95 Å². The first kappa shape index (κ1) is 12.7. The van der Waals surface area contributed by atoms with E-state index in [1.54, 1.807) is 0 Å². The van der Waals surface area contributed by atoms with Crippen LogP contribution in [0.15, 0.2) is 42.5 Å². The maximum Gasteiger partial charge on any atom is 0.201 e. The molecule has 0 aliphatic carbocycles. The Hall–Kier alpha value is -2.29. The Kier molecular flexibility index (Phi) is 3.18. The number of nitrogen functional groups attached to an aromatic ring is 1. The molecule has 0 aliphatic rings. The molecule has 1 heterocycles. The number of imidazole rings is 1. The normalized spacial score (nSPS) is 11.1. The van der Waals surface area contributed by atoms with E-state index in [1.807, 2.05) is 12.1 Å². The number of nitrogens with two attached hydrogens (primary N) is 1. The summed E-state index contributed by atoms with van der Waals surface area (Å²) >= 11 is 0. The van der Waals surface area contributed by atoms with Crippen LogP contribution in [-0.4, -0.2) is 9.55 Å². The minimum atomic E-state index is 0.578. The van der Waals surface area contributed by atoms with Gasteiger partial charge in [0.15, 0.2) is 0 Å². The molecule has 0 fully saturated rings. The molecule has 20 heavy (non-hydrogen) atoms. The SMILES string of the molecule is CCc1ccc(Cn2c(N)nc3cccc(C)c32)cc1. The van der Waals surface area contributed by atoms with Gasteiger partial charge in [0.1, 0.15) is 0 Å². The summed E-state index contributed by atoms with van der Waals surface area (Å²) in [6.45, 7) is 5.02. The van der Waals surface area contributed by atoms with E-state index in [1.165, 1.54) is 16.7 Å². The van der Waals surface area contributed by atoms with Gasteiger partial charge < -0.3 is 10.3 Å². The molecule has 0 aliphatic heterocycles. The van der Waals surface area contributed by atoms with Crippen molar-refractivity contribution in [3.05, 3.63) is 59.2 Å². The van der Waals surface area contributed by atoms with Gasteiger partial charge in [-0.1, -0.05) is 43.3 Å². The molecule has 0 amide bonds. The first-order valence-corrected chi connectivity index (χ1v) is 6.98. The summed E-state index contributed by atoms with van der Waals surface area (Å²) in [4.78, 5) is 4.44. The lowest BCUT2D eigenvalue weighted by Gasteiger charge is -2.09. The lowest BCUT2D eigenvalue weighted by atomic mass is 10.1. The van der Waals surface area contributed by atoms with E-state index >= 15 is 0 Å². The van der Waals surface area contributed by atoms with Crippen molar-refractivity contribution in [2.75, 3.05) is 5.73 Å². The second-order valence-corrected chi connectivity index (χ2v) is 5.17. The molecule has 0 unspecified atom stereocenters. The van der Waals surface area contributed by atoms with Crippen molar-refractivity contribution >= 4 is 17.0 Å². The number of fused-ring (bicyclic) bond motifs is 1. The monoisotopic (exact) mass is 265 g/mol. The van der Waals surface area contributed by atoms with E-state index in [2.05, 4.69) is 53.7 Å². The van der Waals surface area contributed by atoms with E-state index in [0.29, 0.717) is 5.95 Å². The van der Waals surface area contributed by atoms with Crippen molar-refractivity contribution in [1.29, 1.82) is 0 Å². The van der Waals surface area contributed by atoms with Gasteiger partial charge in [0.25, 0.3) is 0 Å². The number of hydrogen-bond acceptors (Lipinski definition) is 2. The van der Waals surface area contributed by atoms with Gasteiger partial charge in [-0.15, -0.1) is 0 Å². The van der Waals surface area contributed by atoms with Crippen molar-refractivity contribution in [2.24, 2.45) is 0 Å². The van der Waals surface area contributed by atoms with Crippen LogP contribution in [0.1, 0.15) is 23.6 Å². The third kappa shape index (κ3) is 2.16. The lowest BCUT2D eigenvalue weighted by Crippen LogP contribution is -2.05. The maximum atomic E-state index is 6.08. The van der Waals surface area contributed by atoms with Crippen LogP contribution in [0.2, 0.25) is 0 Å². The summed E-state index contributed by atoms with van der Waals surface area (Å²) in [6.07, 6.45) is 1.07. The Labute approximate surface area is 119 Å². The predicted molar refractivity (Wildman–Crippen MR) is 83.8 cm³/mol. The third-order valence-corrected chi connectivity index (χ3v) is 3.77. The van der Waals surface area contributed by atoms with Gasteiger partial charge in [-0.3, -0.25) is 0 Å². The summed E-state index contributed by atoms with van der Waals surface area (Å²) in [5, 5.41) is 0. The third-order valence-electron chi connectivity index (χ3n) is 3.77. The minimum Gasteiger partial charge on any atom is -0.369 e. The van der Waals surface area contributed by atoms with E-state index in [9.17, 15) is 0 Å². The van der Waals surface area contributed by atoms with E-state index in [-0.39, 0.29) is 0 Å². The molecule has 102 valence electrons. The smallest absolute Gasteiger partial charge is 0.201 e. The highest BCUT2D eigenvalue weighted by molar-refractivity contribution is 5.81. The summed E-state index contributed by atoms with van der Waals surface area (Å²) < 4.78 is 2.09. The highest BCUT2D eigenvalue weighted by Gasteiger charge is 2.10. The molecule has 0 saturated heterocycles. The average molecular weight is 265 g/mol. The van der Waals surface area contributed by atoms with Crippen LogP contribution in [0, 0.1) is 6.92 Å². The fourth-order valence-electron chi connectivity index (χ4n) is 2.61. The Bertz CT molecular complexity index is 739. The fourth-order valence-corrected chi connectivity index (χ4v) is 2.61. The lowest BCUT2D eigenvalue weighted by molar-refractivity contribution is 0.835. The molecular weight excluding hydrogens is 246 g/mol. The topological polar surface area (TPSA) is 43.8 Å². The van der Waals surface area contributed by atoms with Gasteiger partial charge in [-0.05, 0) is 36.1 Å². The van der Waals surface area contributed by atoms with Crippen LogP contribution in [0.3, 0.4) is 0 Å². The van der Waals surface area contributed by atoms with Gasteiger partial charge >= 0.3 is 0 Å². The second-order valence-electron chi connectivity index (χ2n) is 5.17. The van der Waals surface area contributed by atoms with Gasteiger partial charge in [0, 0.05) is 0 Å². The Balaban J connectivity index is 2.03. The van der Waals surface area contributed by atoms with Crippen LogP contribution < -0.4 is 5.73 Å². The number of rotatable bonds is 3. The fraction of sp³-hybridized carbons (Fsp3) is 0.235. The van der Waals surface area contributed by atoms with Crippen molar-refractivity contribution in [2.45, 2.75) is 26.8 Å². The molecular formula is C17H19N3. The zero-order valence-corrected chi connectivity index (χ0v) is 11.9. The number of para-hydroxylation sites is 1. The molecule has 0 bridgehead atoms. The molecule has 3 nitrogen and oxygen atoms in total. The average Bonchev–Trinajstić information content (AvgIpc) is 2.77. The molecule has 2 aromatic carbocycles. The number of anilines is 1. The van der Waals surface area contributed by atoms with Crippen LogP contribution >= 0.6 is 0 Å². The quantitative estimate of drug-likeness (QED) is 0.787. The molecule has 2 N–H and O–H groups in total. The van der Waals surface area contributed by atoms with Crippen LogP contribution in [-0.2, 0) is 13.0 Å². The standard InChI is InChI=1S/C17H19N3/c1-3-13-7-9-14(10-8-13)11-20-16-12(2)5-4-6-15(16)19-17(20)18/h4-10H,3,11H2,1-2H3,(H2,18,19). The highest BCUT2D eigenvalue weighted by Crippen LogP contribution is 2.22. The summed E-state index contributed by atoms with van der Waals surface area (Å²) in [5.41, 5.74) is 12.0. The Morgan fingerprint density at radius 3 is 2.45 bits per heavy atom. The van der Waals surface area contributed by atoms with Crippen molar-refractivity contribution < 1.29 is 0 Å². The van der Waals surface area contributed by atoms with E-state index < -0.39 is 0 Å². The zero-order valence-electron chi connectivity index (χ0n) is 11.9. The number of aromatic nitrogens is 2. The van der Waals surface area contributed by atoms with Gasteiger partial charge in [0.05, 0.1) is 17.6 Å². The molecule has 3 rings (SSSR count). The van der Waals surface area contributed by atoms with Gasteiger partial charge in [-0.25, -0.2) is 4.98 Å². The van der Waals surface area contributed by atoms with Gasteiger partial charge in [0.2, 0.25) is 5.95 Å². The largest absolute Gasteiger partial charge is 0.369 e. The first-order chi connectivity index (χ1) is 9.69.